The monoisotopic (exact) mass is 489 g/mol. The van der Waals surface area contributed by atoms with Crippen LogP contribution >= 0.6 is 0 Å². The van der Waals surface area contributed by atoms with E-state index in [-0.39, 0.29) is 24.5 Å². The average Bonchev–Trinajstić information content (AvgIpc) is 3.13. The number of rotatable bonds is 9. The van der Waals surface area contributed by atoms with Gasteiger partial charge in [0.2, 0.25) is 5.91 Å². The molecule has 1 aliphatic rings. The molecular formula is C30H32FNO4. The molecule has 0 saturated heterocycles. The first-order chi connectivity index (χ1) is 17.1. The lowest BCUT2D eigenvalue weighted by atomic mass is 9.90. The molecule has 0 saturated carbocycles. The second-order valence-electron chi connectivity index (χ2n) is 10.2. The molecule has 3 aromatic rings. The molecule has 0 fully saturated rings. The number of hydrogen-bond acceptors (Lipinski definition) is 3. The summed E-state index contributed by atoms with van der Waals surface area (Å²) < 4.78 is 19.9. The van der Waals surface area contributed by atoms with Crippen LogP contribution in [0.5, 0.6) is 5.75 Å². The normalized spacial score (nSPS) is 16.5. The van der Waals surface area contributed by atoms with Crippen molar-refractivity contribution in [3.8, 4) is 5.75 Å². The van der Waals surface area contributed by atoms with Gasteiger partial charge in [-0.15, -0.1) is 0 Å². The molecule has 4 rings (SSSR count). The Labute approximate surface area is 211 Å². The molecule has 1 heterocycles. The van der Waals surface area contributed by atoms with E-state index >= 15 is 0 Å². The van der Waals surface area contributed by atoms with Crippen LogP contribution in [0, 0.1) is 5.82 Å². The van der Waals surface area contributed by atoms with Gasteiger partial charge >= 0.3 is 5.97 Å². The van der Waals surface area contributed by atoms with Crippen molar-refractivity contribution in [1.82, 2.24) is 4.90 Å². The van der Waals surface area contributed by atoms with Gasteiger partial charge in [-0.05, 0) is 58.9 Å². The van der Waals surface area contributed by atoms with Gasteiger partial charge in [0, 0.05) is 19.4 Å². The predicted molar refractivity (Wildman–Crippen MR) is 137 cm³/mol. The molecule has 1 aliphatic heterocycles. The number of carbonyl (C=O) groups excluding carboxylic acids is 1. The minimum absolute atomic E-state index is 0.0324. The zero-order chi connectivity index (χ0) is 25.9. The summed E-state index contributed by atoms with van der Waals surface area (Å²) >= 11 is 0. The first-order valence-corrected chi connectivity index (χ1v) is 12.2. The summed E-state index contributed by atoms with van der Waals surface area (Å²) in [5, 5.41) is 9.29. The summed E-state index contributed by atoms with van der Waals surface area (Å²) in [4.78, 5) is 25.6. The van der Waals surface area contributed by atoms with Crippen LogP contribution in [0.4, 0.5) is 4.39 Å². The Kier molecular flexibility index (Phi) is 7.43. The summed E-state index contributed by atoms with van der Waals surface area (Å²) in [7, 11) is 0. The number of aliphatic carboxylic acids is 1. The van der Waals surface area contributed by atoms with Crippen LogP contribution in [0.1, 0.15) is 54.5 Å². The van der Waals surface area contributed by atoms with Gasteiger partial charge in [0.05, 0.1) is 6.42 Å². The molecule has 0 bridgehead atoms. The van der Waals surface area contributed by atoms with E-state index in [9.17, 15) is 19.1 Å². The molecule has 1 amide bonds. The van der Waals surface area contributed by atoms with Gasteiger partial charge in [0.15, 0.2) is 0 Å². The minimum Gasteiger partial charge on any atom is -0.487 e. The van der Waals surface area contributed by atoms with E-state index in [0.29, 0.717) is 11.5 Å². The summed E-state index contributed by atoms with van der Waals surface area (Å²) in [6.45, 7) is 6.04. The Bertz CT molecular complexity index is 1250. The van der Waals surface area contributed by atoms with Crippen LogP contribution < -0.4 is 4.74 Å². The number of carboxylic acid groups (broad SMARTS) is 1. The Morgan fingerprint density at radius 1 is 1.03 bits per heavy atom. The zero-order valence-electron chi connectivity index (χ0n) is 21.0. The molecule has 6 heteroatoms. The third kappa shape index (κ3) is 6.30. The summed E-state index contributed by atoms with van der Waals surface area (Å²) in [6, 6.07) is 20.2. The SMILES string of the molecule is CC(C)c1ccc(C[C@@]2(C)Cc3cc(CC(=O)N(CC(=O)O)Cc4cccc(F)c4)ccc3O2)cc1. The molecule has 5 nitrogen and oxygen atoms in total. The van der Waals surface area contributed by atoms with Gasteiger partial charge in [-0.25, -0.2) is 4.39 Å². The average molecular weight is 490 g/mol. The van der Waals surface area contributed by atoms with E-state index in [1.807, 2.05) is 18.2 Å². The van der Waals surface area contributed by atoms with Gasteiger partial charge < -0.3 is 14.7 Å². The first-order valence-electron chi connectivity index (χ1n) is 12.2. The maximum Gasteiger partial charge on any atom is 0.323 e. The van der Waals surface area contributed by atoms with E-state index in [0.717, 1.165) is 29.7 Å². The van der Waals surface area contributed by atoms with Crippen LogP contribution in [0.15, 0.2) is 66.7 Å². The second kappa shape index (κ2) is 10.5. The first kappa shape index (κ1) is 25.4. The van der Waals surface area contributed by atoms with E-state index < -0.39 is 18.3 Å². The molecule has 36 heavy (non-hydrogen) atoms. The van der Waals surface area contributed by atoms with Gasteiger partial charge in [0.25, 0.3) is 0 Å². The summed E-state index contributed by atoms with van der Waals surface area (Å²) in [6.07, 6.45) is 1.55. The van der Waals surface area contributed by atoms with Crippen molar-refractivity contribution in [2.24, 2.45) is 0 Å². The second-order valence-corrected chi connectivity index (χ2v) is 10.2. The number of benzene rings is 3. The summed E-state index contributed by atoms with van der Waals surface area (Å²) in [5.74, 6) is -0.557. The highest BCUT2D eigenvalue weighted by atomic mass is 19.1. The molecule has 0 unspecified atom stereocenters. The number of hydrogen-bond donors (Lipinski definition) is 1. The fourth-order valence-electron chi connectivity index (χ4n) is 4.77. The van der Waals surface area contributed by atoms with Crippen LogP contribution in [0.3, 0.4) is 0 Å². The third-order valence-electron chi connectivity index (χ3n) is 6.57. The molecule has 1 N–H and O–H groups in total. The Morgan fingerprint density at radius 3 is 2.42 bits per heavy atom. The zero-order valence-corrected chi connectivity index (χ0v) is 21.0. The van der Waals surface area contributed by atoms with E-state index in [1.165, 1.54) is 28.2 Å². The summed E-state index contributed by atoms with van der Waals surface area (Å²) in [5.41, 5.74) is 4.52. The third-order valence-corrected chi connectivity index (χ3v) is 6.57. The quantitative estimate of drug-likeness (QED) is 0.429. The number of carboxylic acids is 1. The lowest BCUT2D eigenvalue weighted by Crippen LogP contribution is -2.36. The fourth-order valence-corrected chi connectivity index (χ4v) is 4.77. The van der Waals surface area contributed by atoms with E-state index in [4.69, 9.17) is 4.74 Å². The van der Waals surface area contributed by atoms with Crippen molar-refractivity contribution in [2.45, 2.75) is 58.1 Å². The molecule has 0 radical (unpaired) electrons. The van der Waals surface area contributed by atoms with Gasteiger partial charge in [-0.3, -0.25) is 9.59 Å². The van der Waals surface area contributed by atoms with Crippen molar-refractivity contribution in [3.05, 3.63) is 100 Å². The van der Waals surface area contributed by atoms with Crippen molar-refractivity contribution in [3.63, 3.8) is 0 Å². The van der Waals surface area contributed by atoms with Gasteiger partial charge in [-0.2, -0.15) is 0 Å². The molecule has 0 aromatic heterocycles. The molecule has 0 aliphatic carbocycles. The van der Waals surface area contributed by atoms with Gasteiger partial charge in [0.1, 0.15) is 23.7 Å². The largest absolute Gasteiger partial charge is 0.487 e. The smallest absolute Gasteiger partial charge is 0.323 e. The highest BCUT2D eigenvalue weighted by Crippen LogP contribution is 2.37. The van der Waals surface area contributed by atoms with Crippen LogP contribution in [-0.2, 0) is 35.4 Å². The molecular weight excluding hydrogens is 457 g/mol. The van der Waals surface area contributed by atoms with Crippen molar-refractivity contribution in [1.29, 1.82) is 0 Å². The van der Waals surface area contributed by atoms with Crippen molar-refractivity contribution >= 4 is 11.9 Å². The maximum atomic E-state index is 13.6. The minimum atomic E-state index is -1.11. The lowest BCUT2D eigenvalue weighted by Gasteiger charge is -2.24. The number of ether oxygens (including phenoxy) is 1. The molecule has 0 spiro atoms. The van der Waals surface area contributed by atoms with Crippen molar-refractivity contribution < 1.29 is 23.8 Å². The Balaban J connectivity index is 1.44. The highest BCUT2D eigenvalue weighted by molar-refractivity contribution is 5.83. The van der Waals surface area contributed by atoms with Crippen LogP contribution in [0.25, 0.3) is 0 Å². The van der Waals surface area contributed by atoms with E-state index in [2.05, 4.69) is 45.0 Å². The number of carbonyl (C=O) groups is 2. The molecule has 188 valence electrons. The number of amides is 1. The van der Waals surface area contributed by atoms with Gasteiger partial charge in [-0.1, -0.05) is 62.4 Å². The number of nitrogens with zero attached hydrogens (tertiary/aromatic N) is 1. The van der Waals surface area contributed by atoms with Crippen molar-refractivity contribution in [2.75, 3.05) is 6.54 Å². The van der Waals surface area contributed by atoms with E-state index in [1.54, 1.807) is 12.1 Å². The molecule has 1 atom stereocenters. The lowest BCUT2D eigenvalue weighted by molar-refractivity contribution is -0.144. The Hall–Kier alpha value is -3.67. The number of fused-ring (bicyclic) bond motifs is 1. The van der Waals surface area contributed by atoms with Crippen LogP contribution in [0.2, 0.25) is 0 Å². The fraction of sp³-hybridized carbons (Fsp3) is 0.333. The van der Waals surface area contributed by atoms with Crippen LogP contribution in [-0.4, -0.2) is 34.0 Å². The Morgan fingerprint density at radius 2 is 1.75 bits per heavy atom. The predicted octanol–water partition coefficient (Wildman–Crippen LogP) is 5.54. The molecule has 3 aromatic carbocycles. The maximum absolute atomic E-state index is 13.6. The standard InChI is InChI=1S/C30H32FNO4/c1-20(2)24-10-7-21(8-11-24)16-30(3)17-25-13-22(9-12-27(25)36-30)15-28(33)32(19-29(34)35)18-23-5-4-6-26(31)14-23/h4-14,20H,15-19H2,1-3H3,(H,34,35)/t30-/m0/s1. The number of halogens is 1. The topological polar surface area (TPSA) is 66.8 Å². The highest BCUT2D eigenvalue weighted by Gasteiger charge is 2.35.